The highest BCUT2D eigenvalue weighted by atomic mass is 16.5. The van der Waals surface area contributed by atoms with Crippen LogP contribution in [0.15, 0.2) is 24.3 Å². The van der Waals surface area contributed by atoms with E-state index in [0.29, 0.717) is 12.2 Å². The molecule has 0 aliphatic rings. The monoisotopic (exact) mass is 293 g/mol. The number of hydrogen-bond acceptors (Lipinski definition) is 4. The zero-order valence-electron chi connectivity index (χ0n) is 13.0. The first kappa shape index (κ1) is 17.0. The lowest BCUT2D eigenvalue weighted by Crippen LogP contribution is -2.39. The number of benzene rings is 1. The zero-order chi connectivity index (χ0) is 15.8. The molecular weight excluding hydrogens is 270 g/mol. The predicted molar refractivity (Wildman–Crippen MR) is 82.2 cm³/mol. The fraction of sp³-hybridized carbons (Fsp3) is 0.467. The molecular formula is C15H23N3O3. The highest BCUT2D eigenvalue weighted by Gasteiger charge is 2.16. The lowest BCUT2D eigenvalue weighted by atomic mass is 10.1. The van der Waals surface area contributed by atoms with Gasteiger partial charge in [0.25, 0.3) is 0 Å². The number of rotatable bonds is 6. The van der Waals surface area contributed by atoms with Crippen LogP contribution >= 0.6 is 0 Å². The molecule has 1 atom stereocenters. The van der Waals surface area contributed by atoms with Crippen LogP contribution in [0.25, 0.3) is 0 Å². The van der Waals surface area contributed by atoms with Gasteiger partial charge >= 0.3 is 12.0 Å². The second kappa shape index (κ2) is 8.26. The average Bonchev–Trinajstić information content (AvgIpc) is 2.51. The third kappa shape index (κ3) is 5.07. The smallest absolute Gasteiger partial charge is 0.325 e. The molecule has 0 bridgehead atoms. The lowest BCUT2D eigenvalue weighted by molar-refractivity contribution is -0.141. The van der Waals surface area contributed by atoms with Gasteiger partial charge in [-0.25, -0.2) is 4.79 Å². The molecule has 0 fully saturated rings. The van der Waals surface area contributed by atoms with Crippen molar-refractivity contribution in [3.8, 4) is 0 Å². The summed E-state index contributed by atoms with van der Waals surface area (Å²) in [5.41, 5.74) is 1.77. The Hall–Kier alpha value is -2.08. The van der Waals surface area contributed by atoms with Gasteiger partial charge in [-0.2, -0.15) is 0 Å². The molecule has 6 heteroatoms. The van der Waals surface area contributed by atoms with Crippen LogP contribution in [0.2, 0.25) is 0 Å². The molecule has 0 spiro atoms. The first-order valence-corrected chi connectivity index (χ1v) is 6.91. The molecule has 0 heterocycles. The zero-order valence-corrected chi connectivity index (χ0v) is 13.0. The van der Waals surface area contributed by atoms with Gasteiger partial charge in [-0.1, -0.05) is 12.1 Å². The molecule has 2 N–H and O–H groups in total. The summed E-state index contributed by atoms with van der Waals surface area (Å²) in [5.74, 6) is -0.440. The molecule has 0 aliphatic carbocycles. The second-order valence-electron chi connectivity index (χ2n) is 4.66. The molecule has 116 valence electrons. The molecule has 0 saturated carbocycles. The summed E-state index contributed by atoms with van der Waals surface area (Å²) in [6.45, 7) is 4.21. The SMILES string of the molecule is CCN(CC(=O)OC)C(=O)Nc1cccc(C(C)NC)c1. The molecule has 0 radical (unpaired) electrons. The van der Waals surface area contributed by atoms with E-state index in [4.69, 9.17) is 0 Å². The Morgan fingerprint density at radius 1 is 1.38 bits per heavy atom. The highest BCUT2D eigenvalue weighted by Crippen LogP contribution is 2.17. The Bertz CT molecular complexity index is 491. The van der Waals surface area contributed by atoms with Gasteiger partial charge in [-0.15, -0.1) is 0 Å². The molecule has 1 unspecified atom stereocenters. The maximum atomic E-state index is 12.1. The average molecular weight is 293 g/mol. The largest absolute Gasteiger partial charge is 0.468 e. The summed E-state index contributed by atoms with van der Waals surface area (Å²) < 4.78 is 4.58. The van der Waals surface area contributed by atoms with E-state index in [9.17, 15) is 9.59 Å². The van der Waals surface area contributed by atoms with E-state index in [2.05, 4.69) is 15.4 Å². The highest BCUT2D eigenvalue weighted by molar-refractivity contribution is 5.91. The number of anilines is 1. The number of likely N-dealkylation sites (N-methyl/N-ethyl adjacent to an activating group) is 1. The summed E-state index contributed by atoms with van der Waals surface area (Å²) in [4.78, 5) is 24.8. The Labute approximate surface area is 125 Å². The normalized spacial score (nSPS) is 11.6. The Balaban J connectivity index is 2.75. The van der Waals surface area contributed by atoms with Crippen molar-refractivity contribution in [1.29, 1.82) is 0 Å². The van der Waals surface area contributed by atoms with Crippen molar-refractivity contribution in [2.24, 2.45) is 0 Å². The molecule has 1 aromatic rings. The first-order valence-electron chi connectivity index (χ1n) is 6.91. The molecule has 0 saturated heterocycles. The topological polar surface area (TPSA) is 70.7 Å². The van der Waals surface area contributed by atoms with Crippen LogP contribution < -0.4 is 10.6 Å². The van der Waals surface area contributed by atoms with Crippen LogP contribution in [0.4, 0.5) is 10.5 Å². The van der Waals surface area contributed by atoms with E-state index in [0.717, 1.165) is 5.56 Å². The van der Waals surface area contributed by atoms with Gasteiger partial charge in [0, 0.05) is 18.3 Å². The minimum atomic E-state index is -0.440. The van der Waals surface area contributed by atoms with Crippen LogP contribution in [0.5, 0.6) is 0 Å². The number of nitrogens with one attached hydrogen (secondary N) is 2. The molecule has 2 amide bonds. The quantitative estimate of drug-likeness (QED) is 0.787. The van der Waals surface area contributed by atoms with Crippen LogP contribution in [-0.4, -0.2) is 44.1 Å². The first-order chi connectivity index (χ1) is 10.0. The number of nitrogens with zero attached hydrogens (tertiary/aromatic N) is 1. The number of urea groups is 1. The van der Waals surface area contributed by atoms with Gasteiger partial charge in [-0.05, 0) is 38.6 Å². The third-order valence-electron chi connectivity index (χ3n) is 3.29. The van der Waals surface area contributed by atoms with Crippen molar-refractivity contribution >= 4 is 17.7 Å². The third-order valence-corrected chi connectivity index (χ3v) is 3.29. The maximum Gasteiger partial charge on any atom is 0.325 e. The van der Waals surface area contributed by atoms with E-state index < -0.39 is 5.97 Å². The summed E-state index contributed by atoms with van der Waals surface area (Å²) in [6.07, 6.45) is 0. The molecule has 1 rings (SSSR count). The van der Waals surface area contributed by atoms with Crippen molar-refractivity contribution in [3.05, 3.63) is 29.8 Å². The molecule has 0 aromatic heterocycles. The summed E-state index contributed by atoms with van der Waals surface area (Å²) >= 11 is 0. The maximum absolute atomic E-state index is 12.1. The number of methoxy groups -OCH3 is 1. The molecule has 21 heavy (non-hydrogen) atoms. The van der Waals surface area contributed by atoms with E-state index >= 15 is 0 Å². The van der Waals surface area contributed by atoms with Crippen molar-refractivity contribution in [2.75, 3.05) is 32.6 Å². The predicted octanol–water partition coefficient (Wildman–Crippen LogP) is 1.99. The number of amides is 2. The van der Waals surface area contributed by atoms with Gasteiger partial charge in [0.15, 0.2) is 0 Å². The second-order valence-corrected chi connectivity index (χ2v) is 4.66. The van der Waals surface area contributed by atoms with Gasteiger partial charge in [-0.3, -0.25) is 4.79 Å². The van der Waals surface area contributed by atoms with Crippen LogP contribution in [-0.2, 0) is 9.53 Å². The number of carbonyl (C=O) groups is 2. The van der Waals surface area contributed by atoms with Crippen molar-refractivity contribution in [3.63, 3.8) is 0 Å². The van der Waals surface area contributed by atoms with E-state index in [1.54, 1.807) is 0 Å². The molecule has 6 nitrogen and oxygen atoms in total. The number of hydrogen-bond donors (Lipinski definition) is 2. The minimum absolute atomic E-state index is 0.0640. The van der Waals surface area contributed by atoms with Crippen molar-refractivity contribution < 1.29 is 14.3 Å². The van der Waals surface area contributed by atoms with Crippen LogP contribution in [0.1, 0.15) is 25.5 Å². The standard InChI is InChI=1S/C15H23N3O3/c1-5-18(10-14(19)21-4)15(20)17-13-8-6-7-12(9-13)11(2)16-3/h6-9,11,16H,5,10H2,1-4H3,(H,17,20). The van der Waals surface area contributed by atoms with Gasteiger partial charge in [0.2, 0.25) is 0 Å². The van der Waals surface area contributed by atoms with Gasteiger partial charge in [0.1, 0.15) is 6.54 Å². The minimum Gasteiger partial charge on any atom is -0.468 e. The molecule has 1 aromatic carbocycles. The molecule has 0 aliphatic heterocycles. The van der Waals surface area contributed by atoms with Gasteiger partial charge in [0.05, 0.1) is 7.11 Å². The fourth-order valence-corrected chi connectivity index (χ4v) is 1.80. The van der Waals surface area contributed by atoms with E-state index in [-0.39, 0.29) is 18.6 Å². The van der Waals surface area contributed by atoms with Crippen LogP contribution in [0.3, 0.4) is 0 Å². The Morgan fingerprint density at radius 3 is 2.67 bits per heavy atom. The summed E-state index contributed by atoms with van der Waals surface area (Å²) in [7, 11) is 3.18. The van der Waals surface area contributed by atoms with E-state index in [1.807, 2.05) is 45.2 Å². The van der Waals surface area contributed by atoms with Gasteiger partial charge < -0.3 is 20.3 Å². The number of esters is 1. The lowest BCUT2D eigenvalue weighted by Gasteiger charge is -2.20. The fourth-order valence-electron chi connectivity index (χ4n) is 1.80. The Kier molecular flexibility index (Phi) is 6.68. The van der Waals surface area contributed by atoms with Crippen molar-refractivity contribution in [1.82, 2.24) is 10.2 Å². The number of ether oxygens (including phenoxy) is 1. The van der Waals surface area contributed by atoms with E-state index in [1.165, 1.54) is 12.0 Å². The summed E-state index contributed by atoms with van der Waals surface area (Å²) in [6, 6.07) is 7.47. The number of carbonyl (C=O) groups excluding carboxylic acids is 2. The summed E-state index contributed by atoms with van der Waals surface area (Å²) in [5, 5.41) is 5.94. The Morgan fingerprint density at radius 2 is 2.10 bits per heavy atom. The van der Waals surface area contributed by atoms with Crippen LogP contribution in [0, 0.1) is 0 Å². The van der Waals surface area contributed by atoms with Crippen molar-refractivity contribution in [2.45, 2.75) is 19.9 Å².